The smallest absolute Gasteiger partial charge is 0.254 e. The molecule has 1 aliphatic heterocycles. The van der Waals surface area contributed by atoms with Gasteiger partial charge in [-0.3, -0.25) is 4.79 Å². The molecule has 1 aromatic heterocycles. The molecule has 1 saturated heterocycles. The van der Waals surface area contributed by atoms with E-state index >= 15 is 0 Å². The van der Waals surface area contributed by atoms with Crippen LogP contribution in [-0.2, 0) is 0 Å². The number of hydrogen-bond donors (Lipinski definition) is 0. The summed E-state index contributed by atoms with van der Waals surface area (Å²) in [5.74, 6) is 1.24. The maximum Gasteiger partial charge on any atom is 0.254 e. The van der Waals surface area contributed by atoms with Gasteiger partial charge in [-0.05, 0) is 50.1 Å². The van der Waals surface area contributed by atoms with E-state index in [-0.39, 0.29) is 5.91 Å². The van der Waals surface area contributed by atoms with E-state index in [0.717, 1.165) is 28.1 Å². The fourth-order valence-electron chi connectivity index (χ4n) is 3.73. The molecule has 30 heavy (non-hydrogen) atoms. The van der Waals surface area contributed by atoms with Crippen molar-refractivity contribution >= 4 is 50.7 Å². The molecule has 5 nitrogen and oxygen atoms in total. The van der Waals surface area contributed by atoms with Gasteiger partial charge in [0.15, 0.2) is 11.5 Å². The second-order valence-corrected chi connectivity index (χ2v) is 9.06. The second kappa shape index (κ2) is 9.00. The summed E-state index contributed by atoms with van der Waals surface area (Å²) in [5.41, 5.74) is 1.45. The number of hydrogen-bond acceptors (Lipinski definition) is 5. The number of piperidine rings is 1. The highest BCUT2D eigenvalue weighted by atomic mass is 35.5. The molecule has 2 heterocycles. The molecule has 1 fully saturated rings. The van der Waals surface area contributed by atoms with Gasteiger partial charge in [-0.1, -0.05) is 23.2 Å². The third-order valence-corrected chi connectivity index (χ3v) is 6.98. The van der Waals surface area contributed by atoms with Crippen LogP contribution < -0.4 is 9.47 Å². The van der Waals surface area contributed by atoms with Crippen molar-refractivity contribution in [1.29, 1.82) is 0 Å². The molecule has 2 aromatic carbocycles. The van der Waals surface area contributed by atoms with Crippen LogP contribution in [0.2, 0.25) is 10.0 Å². The van der Waals surface area contributed by atoms with Crippen molar-refractivity contribution in [2.24, 2.45) is 0 Å². The summed E-state index contributed by atoms with van der Waals surface area (Å²) in [6, 6.07) is 9.16. The van der Waals surface area contributed by atoms with Crippen LogP contribution in [0.15, 0.2) is 30.3 Å². The lowest BCUT2D eigenvalue weighted by Crippen LogP contribution is -2.37. The third-order valence-electron chi connectivity index (χ3n) is 5.26. The Labute approximate surface area is 189 Å². The Morgan fingerprint density at radius 3 is 2.70 bits per heavy atom. The molecule has 8 heteroatoms. The van der Waals surface area contributed by atoms with Crippen molar-refractivity contribution in [1.82, 2.24) is 9.88 Å². The van der Waals surface area contributed by atoms with Gasteiger partial charge in [0.1, 0.15) is 0 Å². The molecule has 0 spiro atoms. The minimum absolute atomic E-state index is 0.0484. The number of fused-ring (bicyclic) bond motifs is 1. The molecule has 0 saturated carbocycles. The standard InChI is InChI=1S/C22H22Cl2N2O3S/c1-3-29-20-16(24)10-14(11-18(20)28-2)22(27)26-8-6-13(7-9-26)21-25-17-12-15(23)4-5-19(17)30-21/h4-5,10-13H,3,6-9H2,1-2H3. The minimum atomic E-state index is -0.0484. The number of benzene rings is 2. The first-order valence-corrected chi connectivity index (χ1v) is 11.4. The molecule has 3 aromatic rings. The van der Waals surface area contributed by atoms with Gasteiger partial charge in [0.05, 0.1) is 34.0 Å². The number of nitrogens with zero attached hydrogens (tertiary/aromatic N) is 2. The Morgan fingerprint density at radius 1 is 1.23 bits per heavy atom. The third kappa shape index (κ3) is 4.22. The quantitative estimate of drug-likeness (QED) is 0.462. The molecular formula is C22H22Cl2N2O3S. The molecular weight excluding hydrogens is 443 g/mol. The van der Waals surface area contributed by atoms with Crippen molar-refractivity contribution in [3.05, 3.63) is 50.9 Å². The summed E-state index contributed by atoms with van der Waals surface area (Å²) in [7, 11) is 1.54. The van der Waals surface area contributed by atoms with Gasteiger partial charge in [-0.15, -0.1) is 11.3 Å². The van der Waals surface area contributed by atoms with Crippen LogP contribution in [-0.4, -0.2) is 42.6 Å². The SMILES string of the molecule is CCOc1c(Cl)cc(C(=O)N2CCC(c3nc4cc(Cl)ccc4s3)CC2)cc1OC. The second-order valence-electron chi connectivity index (χ2n) is 7.15. The minimum Gasteiger partial charge on any atom is -0.493 e. The summed E-state index contributed by atoms with van der Waals surface area (Å²) in [6.45, 7) is 3.69. The van der Waals surface area contributed by atoms with Crippen LogP contribution in [0.3, 0.4) is 0 Å². The number of ether oxygens (including phenoxy) is 2. The van der Waals surface area contributed by atoms with Crippen LogP contribution >= 0.6 is 34.5 Å². The number of carbonyl (C=O) groups excluding carboxylic acids is 1. The van der Waals surface area contributed by atoms with Crippen LogP contribution in [0.5, 0.6) is 11.5 Å². The summed E-state index contributed by atoms with van der Waals surface area (Å²) < 4.78 is 12.1. The van der Waals surface area contributed by atoms with Gasteiger partial charge in [-0.2, -0.15) is 0 Å². The Morgan fingerprint density at radius 2 is 2.00 bits per heavy atom. The Kier molecular flexibility index (Phi) is 6.37. The van der Waals surface area contributed by atoms with Crippen LogP contribution in [0, 0.1) is 0 Å². The van der Waals surface area contributed by atoms with E-state index in [1.165, 1.54) is 0 Å². The highest BCUT2D eigenvalue weighted by Crippen LogP contribution is 2.38. The number of thiazole rings is 1. The molecule has 0 aliphatic carbocycles. The Balaban J connectivity index is 1.47. The van der Waals surface area contributed by atoms with Gasteiger partial charge >= 0.3 is 0 Å². The molecule has 0 unspecified atom stereocenters. The number of amides is 1. The number of methoxy groups -OCH3 is 1. The van der Waals surface area contributed by atoms with Gasteiger partial charge in [0.25, 0.3) is 5.91 Å². The van der Waals surface area contributed by atoms with Crippen molar-refractivity contribution in [3.63, 3.8) is 0 Å². The fraction of sp³-hybridized carbons (Fsp3) is 0.364. The summed E-state index contributed by atoms with van der Waals surface area (Å²) in [6.07, 6.45) is 1.75. The van der Waals surface area contributed by atoms with Crippen molar-refractivity contribution < 1.29 is 14.3 Å². The lowest BCUT2D eigenvalue weighted by Gasteiger charge is -2.31. The normalized spacial score (nSPS) is 14.9. The largest absolute Gasteiger partial charge is 0.493 e. The molecule has 0 N–H and O–H groups in total. The van der Waals surface area contributed by atoms with E-state index in [2.05, 4.69) is 0 Å². The van der Waals surface area contributed by atoms with Crippen molar-refractivity contribution in [2.75, 3.05) is 26.8 Å². The molecule has 1 aliphatic rings. The number of likely N-dealkylation sites (tertiary alicyclic amines) is 1. The number of rotatable bonds is 5. The van der Waals surface area contributed by atoms with Gasteiger partial charge < -0.3 is 14.4 Å². The molecule has 1 amide bonds. The first kappa shape index (κ1) is 21.2. The molecule has 4 rings (SSSR count). The van der Waals surface area contributed by atoms with Crippen molar-refractivity contribution in [3.8, 4) is 11.5 Å². The van der Waals surface area contributed by atoms with Crippen LogP contribution in [0.4, 0.5) is 0 Å². The van der Waals surface area contributed by atoms with Gasteiger partial charge in [-0.25, -0.2) is 4.98 Å². The van der Waals surface area contributed by atoms with E-state index < -0.39 is 0 Å². The first-order valence-electron chi connectivity index (χ1n) is 9.85. The van der Waals surface area contributed by atoms with Gasteiger partial charge in [0, 0.05) is 29.6 Å². The van der Waals surface area contributed by atoms with E-state index in [1.54, 1.807) is 30.6 Å². The first-order chi connectivity index (χ1) is 14.5. The molecule has 0 bridgehead atoms. The summed E-state index contributed by atoms with van der Waals surface area (Å²) >= 11 is 14.1. The van der Waals surface area contributed by atoms with Crippen LogP contribution in [0.25, 0.3) is 10.2 Å². The van der Waals surface area contributed by atoms with Crippen LogP contribution in [0.1, 0.15) is 41.0 Å². The highest BCUT2D eigenvalue weighted by Gasteiger charge is 2.27. The zero-order valence-corrected chi connectivity index (χ0v) is 19.1. The van der Waals surface area contributed by atoms with Gasteiger partial charge in [0.2, 0.25) is 0 Å². The van der Waals surface area contributed by atoms with E-state index in [0.29, 0.717) is 52.7 Å². The van der Waals surface area contributed by atoms with E-state index in [4.69, 9.17) is 37.7 Å². The lowest BCUT2D eigenvalue weighted by molar-refractivity contribution is 0.0712. The molecule has 0 atom stereocenters. The number of aromatic nitrogens is 1. The zero-order valence-electron chi connectivity index (χ0n) is 16.8. The lowest BCUT2D eigenvalue weighted by atomic mass is 9.97. The van der Waals surface area contributed by atoms with E-state index in [9.17, 15) is 4.79 Å². The number of halogens is 2. The molecule has 0 radical (unpaired) electrons. The zero-order chi connectivity index (χ0) is 21.3. The monoisotopic (exact) mass is 464 g/mol. The highest BCUT2D eigenvalue weighted by molar-refractivity contribution is 7.18. The average Bonchev–Trinajstić information content (AvgIpc) is 3.18. The summed E-state index contributed by atoms with van der Waals surface area (Å²) in [4.78, 5) is 19.7. The van der Waals surface area contributed by atoms with E-state index in [1.807, 2.05) is 30.0 Å². The Hall–Kier alpha value is -2.02. The average molecular weight is 465 g/mol. The fourth-order valence-corrected chi connectivity index (χ4v) is 5.28. The Bertz CT molecular complexity index is 1080. The summed E-state index contributed by atoms with van der Waals surface area (Å²) in [5, 5.41) is 2.19. The number of carbonyl (C=O) groups is 1. The molecule has 158 valence electrons. The maximum atomic E-state index is 13.1. The van der Waals surface area contributed by atoms with Crippen molar-refractivity contribution in [2.45, 2.75) is 25.7 Å². The predicted molar refractivity (Wildman–Crippen MR) is 122 cm³/mol. The predicted octanol–water partition coefficient (Wildman–Crippen LogP) is 6.03. The maximum absolute atomic E-state index is 13.1. The topological polar surface area (TPSA) is 51.7 Å².